The van der Waals surface area contributed by atoms with Crippen molar-refractivity contribution in [2.75, 3.05) is 79.5 Å². The zero-order chi connectivity index (χ0) is 45.6. The van der Waals surface area contributed by atoms with Gasteiger partial charge >= 0.3 is 12.2 Å². The highest BCUT2D eigenvalue weighted by Crippen LogP contribution is 2.28. The van der Waals surface area contributed by atoms with Crippen LogP contribution in [0.5, 0.6) is 0 Å². The van der Waals surface area contributed by atoms with Crippen molar-refractivity contribution in [1.82, 2.24) is 49.9 Å². The minimum absolute atomic E-state index is 0.0214. The number of hydrogen-bond acceptors (Lipinski definition) is 11. The molecule has 344 valence electrons. The fourth-order valence-corrected chi connectivity index (χ4v) is 8.80. The van der Waals surface area contributed by atoms with E-state index in [1.807, 2.05) is 55.4 Å². The Morgan fingerprint density at radius 3 is 2.16 bits per heavy atom. The lowest BCUT2D eigenvalue weighted by Crippen LogP contribution is -2.57. The molecule has 0 bridgehead atoms. The van der Waals surface area contributed by atoms with E-state index in [9.17, 15) is 24.0 Å². The topological polar surface area (TPSA) is 176 Å². The van der Waals surface area contributed by atoms with Crippen LogP contribution in [0, 0.1) is 6.92 Å². The molecule has 0 radical (unpaired) electrons. The Labute approximate surface area is 375 Å². The summed E-state index contributed by atoms with van der Waals surface area (Å²) in [6, 6.07) is 14.0. The van der Waals surface area contributed by atoms with Crippen LogP contribution >= 0.6 is 0 Å². The Morgan fingerprint density at radius 2 is 1.52 bits per heavy atom. The Kier molecular flexibility index (Phi) is 17.1. The second-order valence-electron chi connectivity index (χ2n) is 16.7. The molecule has 17 heteroatoms. The molecule has 2 aromatic carbocycles. The largest absolute Gasteiger partial charge is 0.428 e. The number of ether oxygens (including phenoxy) is 2. The molecule has 0 saturated carbocycles. The van der Waals surface area contributed by atoms with Gasteiger partial charge in [-0.15, -0.1) is 13.2 Å². The number of likely N-dealkylation sites (tertiary alicyclic amines) is 2. The monoisotopic (exact) mass is 880 g/mol. The third-order valence-electron chi connectivity index (χ3n) is 12.4. The first-order valence-electron chi connectivity index (χ1n) is 22.2. The second kappa shape index (κ2) is 23.1. The highest BCUT2D eigenvalue weighted by Gasteiger charge is 2.31. The molecule has 4 aromatic rings. The third kappa shape index (κ3) is 12.4. The van der Waals surface area contributed by atoms with E-state index in [1.54, 1.807) is 21.7 Å². The van der Waals surface area contributed by atoms with Gasteiger partial charge in [0.25, 0.3) is 5.56 Å². The van der Waals surface area contributed by atoms with Crippen LogP contribution in [0.3, 0.4) is 0 Å². The molecule has 3 saturated heterocycles. The minimum Gasteiger partial charge on any atom is -0.428 e. The molecule has 1 unspecified atom stereocenters. The minimum atomic E-state index is -0.601. The summed E-state index contributed by atoms with van der Waals surface area (Å²) in [5.41, 5.74) is 4.22. The SMILES string of the molecule is C=CCNC(=O)OCn1c(=O)c(C2CCN(C=O)CC2)cc2ccccc21.C=CCNC(=O)OCn1cc2cc(CC(NC)C(=O)N3CCN(C4CCN(C)CC4)CC3)cc(C)c2n1. The number of aryl methyl sites for hydroxylation is 1. The van der Waals surface area contributed by atoms with E-state index in [0.717, 1.165) is 85.9 Å². The molecular formula is C47H64N10O7. The normalized spacial score (nSPS) is 17.0. The van der Waals surface area contributed by atoms with Gasteiger partial charge in [0.2, 0.25) is 12.3 Å². The van der Waals surface area contributed by atoms with Crippen LogP contribution in [-0.2, 0) is 38.9 Å². The number of aromatic nitrogens is 3. The molecule has 0 aliphatic carbocycles. The molecule has 4 amide bonds. The number of alkyl carbamates (subject to hydrolysis) is 2. The van der Waals surface area contributed by atoms with Gasteiger partial charge in [-0.05, 0) is 107 Å². The van der Waals surface area contributed by atoms with Crippen molar-refractivity contribution in [2.24, 2.45) is 0 Å². The maximum atomic E-state index is 13.4. The van der Waals surface area contributed by atoms with Crippen LogP contribution in [-0.4, -0.2) is 150 Å². The van der Waals surface area contributed by atoms with Crippen molar-refractivity contribution < 1.29 is 28.7 Å². The lowest BCUT2D eigenvalue weighted by molar-refractivity contribution is -0.135. The van der Waals surface area contributed by atoms with Crippen molar-refractivity contribution in [3.63, 3.8) is 0 Å². The average molecular weight is 881 g/mol. The Balaban J connectivity index is 0.000000223. The van der Waals surface area contributed by atoms with Crippen LogP contribution in [0.2, 0.25) is 0 Å². The van der Waals surface area contributed by atoms with Crippen molar-refractivity contribution in [3.05, 3.63) is 101 Å². The number of benzene rings is 2. The predicted octanol–water partition coefficient (Wildman–Crippen LogP) is 3.79. The first kappa shape index (κ1) is 47.4. The van der Waals surface area contributed by atoms with E-state index in [1.165, 1.54) is 17.4 Å². The Hall–Kier alpha value is -6.04. The Morgan fingerprint density at radius 1 is 0.859 bits per heavy atom. The van der Waals surface area contributed by atoms with Gasteiger partial charge in [0.1, 0.15) is 0 Å². The second-order valence-corrected chi connectivity index (χ2v) is 16.7. The first-order valence-corrected chi connectivity index (χ1v) is 22.2. The van der Waals surface area contributed by atoms with Crippen molar-refractivity contribution >= 4 is 46.3 Å². The number of fused-ring (bicyclic) bond motifs is 2. The van der Waals surface area contributed by atoms with E-state index in [2.05, 4.69) is 63.2 Å². The smallest absolute Gasteiger partial charge is 0.409 e. The van der Waals surface area contributed by atoms with Gasteiger partial charge < -0.3 is 40.1 Å². The van der Waals surface area contributed by atoms with Crippen molar-refractivity contribution in [2.45, 2.75) is 70.5 Å². The van der Waals surface area contributed by atoms with Gasteiger partial charge in [0.15, 0.2) is 13.5 Å². The third-order valence-corrected chi connectivity index (χ3v) is 12.4. The van der Waals surface area contributed by atoms with Gasteiger partial charge in [-0.3, -0.25) is 23.9 Å². The molecule has 7 rings (SSSR count). The van der Waals surface area contributed by atoms with E-state index in [-0.39, 0.29) is 36.9 Å². The molecule has 3 fully saturated rings. The number of likely N-dealkylation sites (N-methyl/N-ethyl adjacent to an activating group) is 1. The van der Waals surface area contributed by atoms with Crippen LogP contribution in [0.25, 0.3) is 21.8 Å². The average Bonchev–Trinajstić information content (AvgIpc) is 3.75. The van der Waals surface area contributed by atoms with Crippen LogP contribution in [0.15, 0.2) is 78.8 Å². The summed E-state index contributed by atoms with van der Waals surface area (Å²) >= 11 is 0. The van der Waals surface area contributed by atoms with Crippen molar-refractivity contribution in [1.29, 1.82) is 0 Å². The van der Waals surface area contributed by atoms with Crippen LogP contribution < -0.4 is 21.5 Å². The van der Waals surface area contributed by atoms with Gasteiger partial charge in [0, 0.05) is 75.5 Å². The van der Waals surface area contributed by atoms with E-state index in [0.29, 0.717) is 49.7 Å². The Bertz CT molecular complexity index is 2300. The summed E-state index contributed by atoms with van der Waals surface area (Å²) in [4.78, 5) is 69.6. The summed E-state index contributed by atoms with van der Waals surface area (Å²) in [5, 5.41) is 14.8. The van der Waals surface area contributed by atoms with Gasteiger partial charge in [-0.25, -0.2) is 14.3 Å². The summed E-state index contributed by atoms with van der Waals surface area (Å²) in [7, 11) is 4.05. The quantitative estimate of drug-likeness (QED) is 0.117. The maximum absolute atomic E-state index is 13.4. The number of rotatable bonds is 15. The number of nitrogens with one attached hydrogen (secondary N) is 3. The number of nitrogens with zero attached hydrogens (tertiary/aromatic N) is 7. The zero-order valence-corrected chi connectivity index (χ0v) is 37.5. The summed E-state index contributed by atoms with van der Waals surface area (Å²) in [6.07, 6.45) is 9.27. The fraction of sp³-hybridized carbons (Fsp3) is 0.489. The molecular weight excluding hydrogens is 817 g/mol. The van der Waals surface area contributed by atoms with Gasteiger partial charge in [0.05, 0.1) is 17.1 Å². The molecule has 5 heterocycles. The molecule has 64 heavy (non-hydrogen) atoms. The summed E-state index contributed by atoms with van der Waals surface area (Å²) in [5.74, 6) is 0.247. The predicted molar refractivity (Wildman–Crippen MR) is 247 cm³/mol. The molecule has 1 atom stereocenters. The number of pyridine rings is 1. The summed E-state index contributed by atoms with van der Waals surface area (Å²) in [6.45, 7) is 16.7. The van der Waals surface area contributed by atoms with E-state index < -0.39 is 12.2 Å². The van der Waals surface area contributed by atoms with Crippen LogP contribution in [0.1, 0.15) is 48.3 Å². The molecule has 17 nitrogen and oxygen atoms in total. The van der Waals surface area contributed by atoms with Gasteiger partial charge in [-0.2, -0.15) is 5.10 Å². The van der Waals surface area contributed by atoms with Crippen LogP contribution in [0.4, 0.5) is 9.59 Å². The molecule has 0 spiro atoms. The standard InChI is InChI=1S/C27H41N7O3.C20H23N3O4/c1-5-8-29-27(36)37-19-34-18-22-16-21(15-20(2)25(22)30-34)17-24(28-3)26(35)33-13-11-32(12-14-33)23-6-9-31(4)10-7-23;1-2-9-21-20(26)27-14-23-18-6-4-3-5-16(18)12-17(19(23)25)15-7-10-22(13-24)11-8-15/h5,15-16,18,23-24,28H,1,6-14,17,19H2,2-4H3,(H,29,36);2-6,12-13,15H,1,7-11,14H2,(H,21,26). The first-order chi connectivity index (χ1) is 31.0. The van der Waals surface area contributed by atoms with E-state index >= 15 is 0 Å². The highest BCUT2D eigenvalue weighted by atomic mass is 16.6. The van der Waals surface area contributed by atoms with Crippen molar-refractivity contribution in [3.8, 4) is 0 Å². The number of piperazine rings is 1. The summed E-state index contributed by atoms with van der Waals surface area (Å²) < 4.78 is 13.5. The molecule has 3 aliphatic rings. The number of carbonyl (C=O) groups excluding carboxylic acids is 4. The maximum Gasteiger partial charge on any atom is 0.409 e. The number of piperidine rings is 2. The van der Waals surface area contributed by atoms with Gasteiger partial charge in [-0.1, -0.05) is 36.4 Å². The number of carbonyl (C=O) groups is 4. The lowest BCUT2D eigenvalue weighted by atomic mass is 9.89. The lowest BCUT2D eigenvalue weighted by Gasteiger charge is -2.42. The fourth-order valence-electron chi connectivity index (χ4n) is 8.80. The molecule has 3 aliphatic heterocycles. The number of hydrogen-bond donors (Lipinski definition) is 3. The molecule has 3 N–H and O–H groups in total. The number of para-hydroxylation sites is 1. The highest BCUT2D eigenvalue weighted by molar-refractivity contribution is 5.84. The zero-order valence-electron chi connectivity index (χ0n) is 37.5. The molecule has 2 aromatic heterocycles. The number of amides is 4. The van der Waals surface area contributed by atoms with E-state index in [4.69, 9.17) is 9.47 Å².